The molecule has 2 heterocycles. The third-order valence-corrected chi connectivity index (χ3v) is 5.93. The van der Waals surface area contributed by atoms with Crippen molar-refractivity contribution in [1.29, 1.82) is 0 Å². The van der Waals surface area contributed by atoms with Crippen LogP contribution < -0.4 is 9.47 Å². The third kappa shape index (κ3) is 4.38. The molecule has 1 N–H and O–H groups in total. The Labute approximate surface area is 172 Å². The van der Waals surface area contributed by atoms with Crippen LogP contribution in [0.4, 0.5) is 0 Å². The second-order valence-corrected chi connectivity index (χ2v) is 7.76. The zero-order valence-electron chi connectivity index (χ0n) is 17.5. The Morgan fingerprint density at radius 3 is 2.38 bits per heavy atom. The number of rotatable bonds is 7. The number of fused-ring (bicyclic) bond motifs is 1. The first kappa shape index (κ1) is 19.7. The van der Waals surface area contributed by atoms with Gasteiger partial charge in [-0.3, -0.25) is 9.80 Å². The van der Waals surface area contributed by atoms with Gasteiger partial charge in [0.15, 0.2) is 0 Å². The predicted molar refractivity (Wildman–Crippen MR) is 115 cm³/mol. The molecular formula is C23H30N4O2. The summed E-state index contributed by atoms with van der Waals surface area (Å²) >= 11 is 0. The zero-order chi connectivity index (χ0) is 20.2. The number of imidazole rings is 1. The van der Waals surface area contributed by atoms with E-state index in [4.69, 9.17) is 14.5 Å². The lowest BCUT2D eigenvalue weighted by Crippen LogP contribution is -2.42. The van der Waals surface area contributed by atoms with Crippen molar-refractivity contribution in [1.82, 2.24) is 19.8 Å². The number of likely N-dealkylation sites (tertiary alicyclic amines) is 1. The Morgan fingerprint density at radius 2 is 1.72 bits per heavy atom. The first-order valence-electron chi connectivity index (χ1n) is 10.2. The molecule has 6 heteroatoms. The van der Waals surface area contributed by atoms with Crippen LogP contribution in [0.25, 0.3) is 11.0 Å². The van der Waals surface area contributed by atoms with Gasteiger partial charge in [0, 0.05) is 12.6 Å². The number of ether oxygens (including phenoxy) is 2. The van der Waals surface area contributed by atoms with Crippen LogP contribution in [0, 0.1) is 0 Å². The number of piperidine rings is 1. The Kier molecular flexibility index (Phi) is 6.02. The van der Waals surface area contributed by atoms with Crippen molar-refractivity contribution in [2.45, 2.75) is 32.0 Å². The lowest BCUT2D eigenvalue weighted by Gasteiger charge is -2.36. The number of aromatic amines is 1. The first-order chi connectivity index (χ1) is 14.2. The molecule has 0 radical (unpaired) electrons. The molecule has 0 unspecified atom stereocenters. The maximum absolute atomic E-state index is 5.55. The van der Waals surface area contributed by atoms with Gasteiger partial charge in [-0.25, -0.2) is 4.98 Å². The molecule has 154 valence electrons. The summed E-state index contributed by atoms with van der Waals surface area (Å²) in [4.78, 5) is 13.1. The van der Waals surface area contributed by atoms with Crippen molar-refractivity contribution in [2.75, 3.05) is 34.4 Å². The highest BCUT2D eigenvalue weighted by Crippen LogP contribution is 2.30. The fourth-order valence-electron chi connectivity index (χ4n) is 4.27. The van der Waals surface area contributed by atoms with Crippen LogP contribution in [0.5, 0.6) is 11.5 Å². The van der Waals surface area contributed by atoms with E-state index < -0.39 is 0 Å². The minimum atomic E-state index is 0.569. The van der Waals surface area contributed by atoms with Crippen LogP contribution in [-0.4, -0.2) is 60.2 Å². The molecule has 6 nitrogen and oxygen atoms in total. The van der Waals surface area contributed by atoms with Crippen LogP contribution in [0.2, 0.25) is 0 Å². The summed E-state index contributed by atoms with van der Waals surface area (Å²) in [5.74, 6) is 2.83. The Hall–Kier alpha value is -2.57. The fourth-order valence-corrected chi connectivity index (χ4v) is 4.27. The Bertz CT molecular complexity index is 892. The minimum Gasteiger partial charge on any atom is -0.496 e. The quantitative estimate of drug-likeness (QED) is 0.663. The van der Waals surface area contributed by atoms with E-state index in [9.17, 15) is 0 Å². The molecule has 0 aliphatic carbocycles. The molecule has 0 saturated carbocycles. The highest BCUT2D eigenvalue weighted by atomic mass is 16.5. The van der Waals surface area contributed by atoms with Crippen molar-refractivity contribution >= 4 is 11.0 Å². The highest BCUT2D eigenvalue weighted by molar-refractivity contribution is 5.74. The van der Waals surface area contributed by atoms with E-state index >= 15 is 0 Å². The average molecular weight is 395 g/mol. The molecule has 1 aliphatic heterocycles. The Morgan fingerprint density at radius 1 is 1.03 bits per heavy atom. The monoisotopic (exact) mass is 394 g/mol. The van der Waals surface area contributed by atoms with Gasteiger partial charge in [0.2, 0.25) is 0 Å². The first-order valence-corrected chi connectivity index (χ1v) is 10.2. The van der Waals surface area contributed by atoms with E-state index in [2.05, 4.69) is 34.0 Å². The van der Waals surface area contributed by atoms with Crippen LogP contribution in [0.15, 0.2) is 42.5 Å². The third-order valence-electron chi connectivity index (χ3n) is 5.93. The van der Waals surface area contributed by atoms with E-state index in [-0.39, 0.29) is 0 Å². The number of nitrogens with zero attached hydrogens (tertiary/aromatic N) is 3. The van der Waals surface area contributed by atoms with Crippen LogP contribution in [0.3, 0.4) is 0 Å². The zero-order valence-corrected chi connectivity index (χ0v) is 17.5. The van der Waals surface area contributed by atoms with Gasteiger partial charge < -0.3 is 14.5 Å². The summed E-state index contributed by atoms with van der Waals surface area (Å²) in [5, 5.41) is 0. The van der Waals surface area contributed by atoms with Crippen LogP contribution in [-0.2, 0) is 13.1 Å². The second kappa shape index (κ2) is 8.84. The topological polar surface area (TPSA) is 53.6 Å². The molecule has 3 aromatic rings. The molecule has 0 spiro atoms. The Balaban J connectivity index is 1.34. The van der Waals surface area contributed by atoms with Gasteiger partial charge in [-0.05, 0) is 57.2 Å². The molecule has 1 fully saturated rings. The van der Waals surface area contributed by atoms with E-state index in [0.29, 0.717) is 6.04 Å². The standard InChI is InChI=1S/C23H30N4O2/c1-26(16-23-24-19-7-4-5-8-20(19)25-23)17-11-13-27(14-12-17)15-18-21(28-2)9-6-10-22(18)29-3/h4-10,17H,11-16H2,1-3H3,(H,24,25). The number of hydrogen-bond acceptors (Lipinski definition) is 5. The number of para-hydroxylation sites is 2. The van der Waals surface area contributed by atoms with E-state index in [0.717, 1.165) is 72.9 Å². The lowest BCUT2D eigenvalue weighted by atomic mass is 10.0. The second-order valence-electron chi connectivity index (χ2n) is 7.76. The van der Waals surface area contributed by atoms with Crippen LogP contribution in [0.1, 0.15) is 24.2 Å². The van der Waals surface area contributed by atoms with Crippen molar-refractivity contribution in [3.63, 3.8) is 0 Å². The highest BCUT2D eigenvalue weighted by Gasteiger charge is 2.24. The summed E-state index contributed by atoms with van der Waals surface area (Å²) in [6, 6.07) is 14.8. The summed E-state index contributed by atoms with van der Waals surface area (Å²) in [6.07, 6.45) is 2.29. The lowest BCUT2D eigenvalue weighted by molar-refractivity contribution is 0.116. The van der Waals surface area contributed by atoms with E-state index in [1.54, 1.807) is 14.2 Å². The largest absolute Gasteiger partial charge is 0.496 e. The van der Waals surface area contributed by atoms with Gasteiger partial charge in [-0.1, -0.05) is 18.2 Å². The smallest absolute Gasteiger partial charge is 0.127 e. The van der Waals surface area contributed by atoms with Gasteiger partial charge in [0.05, 0.1) is 37.4 Å². The molecule has 1 aliphatic rings. The van der Waals surface area contributed by atoms with Crippen LogP contribution >= 0.6 is 0 Å². The van der Waals surface area contributed by atoms with E-state index in [1.807, 2.05) is 30.3 Å². The summed E-state index contributed by atoms with van der Waals surface area (Å²) in [5.41, 5.74) is 3.28. The van der Waals surface area contributed by atoms with E-state index in [1.165, 1.54) is 0 Å². The molecule has 4 rings (SSSR count). The van der Waals surface area contributed by atoms with Crippen molar-refractivity contribution in [3.8, 4) is 11.5 Å². The summed E-state index contributed by atoms with van der Waals surface area (Å²) in [7, 11) is 5.64. The molecule has 0 amide bonds. The normalized spacial score (nSPS) is 15.9. The molecule has 1 saturated heterocycles. The molecule has 2 aromatic carbocycles. The molecule has 1 aromatic heterocycles. The number of hydrogen-bond donors (Lipinski definition) is 1. The molecule has 29 heavy (non-hydrogen) atoms. The van der Waals surface area contributed by atoms with Crippen molar-refractivity contribution in [2.24, 2.45) is 0 Å². The number of H-pyrrole nitrogens is 1. The average Bonchev–Trinajstić information content (AvgIpc) is 3.16. The van der Waals surface area contributed by atoms with Gasteiger partial charge in [-0.2, -0.15) is 0 Å². The maximum Gasteiger partial charge on any atom is 0.127 e. The van der Waals surface area contributed by atoms with Gasteiger partial charge in [0.25, 0.3) is 0 Å². The predicted octanol–water partition coefficient (Wildman–Crippen LogP) is 3.68. The number of aromatic nitrogens is 2. The molecule has 0 atom stereocenters. The van der Waals surface area contributed by atoms with Gasteiger partial charge >= 0.3 is 0 Å². The summed E-state index contributed by atoms with van der Waals surface area (Å²) in [6.45, 7) is 3.83. The number of benzene rings is 2. The molecule has 0 bridgehead atoms. The van der Waals surface area contributed by atoms with Crippen molar-refractivity contribution < 1.29 is 9.47 Å². The van der Waals surface area contributed by atoms with Crippen molar-refractivity contribution in [3.05, 3.63) is 53.9 Å². The number of methoxy groups -OCH3 is 2. The SMILES string of the molecule is COc1cccc(OC)c1CN1CCC(N(C)Cc2nc3ccccc3[nH]2)CC1. The van der Waals surface area contributed by atoms with Gasteiger partial charge in [0.1, 0.15) is 17.3 Å². The number of nitrogens with one attached hydrogen (secondary N) is 1. The minimum absolute atomic E-state index is 0.569. The fraction of sp³-hybridized carbons (Fsp3) is 0.435. The maximum atomic E-state index is 5.55. The summed E-state index contributed by atoms with van der Waals surface area (Å²) < 4.78 is 11.1. The van der Waals surface area contributed by atoms with Gasteiger partial charge in [-0.15, -0.1) is 0 Å². The molecular weight excluding hydrogens is 364 g/mol.